The van der Waals surface area contributed by atoms with Crippen LogP contribution in [0.4, 0.5) is 0 Å². The quantitative estimate of drug-likeness (QED) is 0.164. The summed E-state index contributed by atoms with van der Waals surface area (Å²) < 4.78 is 0. The molecule has 2 rings (SSSR count). The van der Waals surface area contributed by atoms with Gasteiger partial charge < -0.3 is 26.2 Å². The average Bonchev–Trinajstić information content (AvgIpc) is 3.38. The first-order chi connectivity index (χ1) is 13.5. The van der Waals surface area contributed by atoms with E-state index in [9.17, 15) is 29.4 Å². The summed E-state index contributed by atoms with van der Waals surface area (Å²) in [6.45, 7) is 3.41. The number of aliphatic hydroxyl groups is 2. The first kappa shape index (κ1) is 23.4. The second-order valence-corrected chi connectivity index (χ2v) is 7.88. The molecular weight excluding hydrogens is 382 g/mol. The average molecular weight is 413 g/mol. The van der Waals surface area contributed by atoms with Crippen molar-refractivity contribution in [2.75, 3.05) is 19.6 Å². The van der Waals surface area contributed by atoms with E-state index in [4.69, 9.17) is 11.5 Å². The molecule has 0 spiro atoms. The summed E-state index contributed by atoms with van der Waals surface area (Å²) in [7, 11) is 0. The Balaban J connectivity index is 2.25. The Morgan fingerprint density at radius 2 is 1.90 bits per heavy atom. The van der Waals surface area contributed by atoms with Crippen LogP contribution in [0.1, 0.15) is 33.1 Å². The van der Waals surface area contributed by atoms with Crippen LogP contribution in [-0.2, 0) is 19.2 Å². The summed E-state index contributed by atoms with van der Waals surface area (Å²) in [4.78, 5) is 52.3. The van der Waals surface area contributed by atoms with Crippen molar-refractivity contribution in [1.29, 1.82) is 0 Å². The van der Waals surface area contributed by atoms with Crippen LogP contribution >= 0.6 is 0 Å². The van der Waals surface area contributed by atoms with Gasteiger partial charge in [0.2, 0.25) is 17.7 Å². The molecule has 0 radical (unpaired) electrons. The van der Waals surface area contributed by atoms with Gasteiger partial charge in [-0.15, -0.1) is 0 Å². The molecule has 11 heteroatoms. The number of carbonyl (C=O) groups is 4. The van der Waals surface area contributed by atoms with E-state index < -0.39 is 53.6 Å². The normalized spacial score (nSPS) is 27.0. The Kier molecular flexibility index (Phi) is 7.46. The van der Waals surface area contributed by atoms with Crippen LogP contribution in [0.3, 0.4) is 0 Å². The molecule has 0 bridgehead atoms. The zero-order valence-corrected chi connectivity index (χ0v) is 16.8. The molecule has 0 unspecified atom stereocenters. The van der Waals surface area contributed by atoms with Gasteiger partial charge in [0.05, 0.1) is 24.2 Å². The van der Waals surface area contributed by atoms with Gasteiger partial charge in [-0.1, -0.05) is 0 Å². The van der Waals surface area contributed by atoms with Gasteiger partial charge in [-0.25, -0.2) is 0 Å². The van der Waals surface area contributed by atoms with E-state index in [-0.39, 0.29) is 25.8 Å². The number of nitrogens with zero attached hydrogens (tertiary/aromatic N) is 2. The molecule has 0 aromatic rings. The van der Waals surface area contributed by atoms with Gasteiger partial charge in [0.15, 0.2) is 11.9 Å². The molecule has 0 aromatic carbocycles. The van der Waals surface area contributed by atoms with Crippen molar-refractivity contribution in [3.8, 4) is 0 Å². The van der Waals surface area contributed by atoms with Gasteiger partial charge in [-0.3, -0.25) is 29.8 Å². The highest BCUT2D eigenvalue weighted by atomic mass is 16.3. The maximum absolute atomic E-state index is 13.2. The lowest BCUT2D eigenvalue weighted by atomic mass is 9.98. The van der Waals surface area contributed by atoms with E-state index >= 15 is 0 Å². The predicted octanol–water partition coefficient (Wildman–Crippen LogP) is -3.12. The molecule has 11 nitrogen and oxygen atoms in total. The fraction of sp³-hybridized carbons (Fsp3) is 0.778. The standard InChI is InChI=1S/C18H31N5O6/c1-10(25)14(19)17(29)22-7-5-12(8-22)15(27)23(18(20,9-24)11(2)26)16(28)13-4-3-6-21-13/h9-14,21,25-26H,3-8,19-20H2,1-2H3/t10-,11-,12+,13-,14+,18-/m1/s1. The predicted molar refractivity (Wildman–Crippen MR) is 102 cm³/mol. The third-order valence-electron chi connectivity index (χ3n) is 5.70. The number of carbonyl (C=O) groups excluding carboxylic acids is 4. The zero-order chi connectivity index (χ0) is 21.9. The molecule has 2 aliphatic rings. The third kappa shape index (κ3) is 4.64. The van der Waals surface area contributed by atoms with Crippen molar-refractivity contribution in [2.45, 2.75) is 63.1 Å². The number of nitrogens with two attached hydrogens (primary N) is 2. The minimum absolute atomic E-state index is 0.0191. The molecule has 2 fully saturated rings. The number of amides is 3. The minimum atomic E-state index is -2.22. The maximum atomic E-state index is 13.2. The van der Waals surface area contributed by atoms with Crippen molar-refractivity contribution in [3.63, 3.8) is 0 Å². The summed E-state index contributed by atoms with van der Waals surface area (Å²) in [5, 5.41) is 22.6. The van der Waals surface area contributed by atoms with E-state index in [0.29, 0.717) is 17.9 Å². The molecule has 7 N–H and O–H groups in total. The number of aldehydes is 1. The van der Waals surface area contributed by atoms with Crippen LogP contribution < -0.4 is 16.8 Å². The topological polar surface area (TPSA) is 179 Å². The molecule has 0 aromatic heterocycles. The Morgan fingerprint density at radius 3 is 2.38 bits per heavy atom. The van der Waals surface area contributed by atoms with Crippen molar-refractivity contribution in [2.24, 2.45) is 17.4 Å². The van der Waals surface area contributed by atoms with Crippen LogP contribution in [-0.4, -0.2) is 93.6 Å². The molecule has 164 valence electrons. The first-order valence-corrected chi connectivity index (χ1v) is 9.81. The van der Waals surface area contributed by atoms with Crippen molar-refractivity contribution < 1.29 is 29.4 Å². The SMILES string of the molecule is C[C@@H](O)[C@H](N)C(=O)N1CC[C@H](C(=O)N(C(=O)[C@H]2CCCN2)[C@](N)(C=O)[C@@H](C)O)C1. The summed E-state index contributed by atoms with van der Waals surface area (Å²) >= 11 is 0. The van der Waals surface area contributed by atoms with Crippen molar-refractivity contribution in [3.05, 3.63) is 0 Å². The summed E-state index contributed by atoms with van der Waals surface area (Å²) in [6, 6.07) is -1.80. The molecule has 2 heterocycles. The lowest BCUT2D eigenvalue weighted by Crippen LogP contribution is -2.70. The zero-order valence-electron chi connectivity index (χ0n) is 16.8. The Bertz CT molecular complexity index is 651. The Labute approximate surface area is 169 Å². The highest BCUT2D eigenvalue weighted by molar-refractivity contribution is 6.02. The summed E-state index contributed by atoms with van der Waals surface area (Å²) in [5.74, 6) is -2.68. The fourth-order valence-corrected chi connectivity index (χ4v) is 3.64. The largest absolute Gasteiger partial charge is 0.391 e. The number of hydrogen-bond acceptors (Lipinski definition) is 9. The van der Waals surface area contributed by atoms with Gasteiger partial charge in [0, 0.05) is 13.1 Å². The van der Waals surface area contributed by atoms with Gasteiger partial charge in [-0.2, -0.15) is 0 Å². The maximum Gasteiger partial charge on any atom is 0.248 e. The number of nitrogens with one attached hydrogen (secondary N) is 1. The molecule has 0 aliphatic carbocycles. The highest BCUT2D eigenvalue weighted by Gasteiger charge is 2.49. The lowest BCUT2D eigenvalue weighted by molar-refractivity contribution is -0.163. The minimum Gasteiger partial charge on any atom is -0.391 e. The molecule has 6 atom stereocenters. The molecule has 2 aliphatic heterocycles. The third-order valence-corrected chi connectivity index (χ3v) is 5.70. The van der Waals surface area contributed by atoms with Gasteiger partial charge >= 0.3 is 0 Å². The van der Waals surface area contributed by atoms with Gasteiger partial charge in [-0.05, 0) is 39.7 Å². The van der Waals surface area contributed by atoms with E-state index in [1.807, 2.05) is 0 Å². The molecule has 0 saturated carbocycles. The second-order valence-electron chi connectivity index (χ2n) is 7.88. The number of likely N-dealkylation sites (tertiary alicyclic amines) is 1. The molecular formula is C18H31N5O6. The van der Waals surface area contributed by atoms with Crippen molar-refractivity contribution >= 4 is 24.0 Å². The van der Waals surface area contributed by atoms with Crippen LogP contribution in [0.15, 0.2) is 0 Å². The number of hydrogen-bond donors (Lipinski definition) is 5. The summed E-state index contributed by atoms with van der Waals surface area (Å²) in [6.07, 6.45) is -0.884. The fourth-order valence-electron chi connectivity index (χ4n) is 3.64. The van der Waals surface area contributed by atoms with E-state index in [1.165, 1.54) is 18.7 Å². The van der Waals surface area contributed by atoms with Crippen LogP contribution in [0.2, 0.25) is 0 Å². The van der Waals surface area contributed by atoms with E-state index in [1.54, 1.807) is 0 Å². The summed E-state index contributed by atoms with van der Waals surface area (Å²) in [5.41, 5.74) is 9.48. The van der Waals surface area contributed by atoms with Crippen LogP contribution in [0.25, 0.3) is 0 Å². The lowest BCUT2D eigenvalue weighted by Gasteiger charge is -2.39. The van der Waals surface area contributed by atoms with E-state index in [0.717, 1.165) is 6.42 Å². The first-order valence-electron chi connectivity index (χ1n) is 9.81. The molecule has 2 saturated heterocycles. The molecule has 29 heavy (non-hydrogen) atoms. The molecule has 3 amide bonds. The van der Waals surface area contributed by atoms with Gasteiger partial charge in [0.1, 0.15) is 6.04 Å². The van der Waals surface area contributed by atoms with Gasteiger partial charge in [0.25, 0.3) is 0 Å². The highest BCUT2D eigenvalue weighted by Crippen LogP contribution is 2.25. The van der Waals surface area contributed by atoms with E-state index in [2.05, 4.69) is 5.32 Å². The van der Waals surface area contributed by atoms with Crippen LogP contribution in [0.5, 0.6) is 0 Å². The van der Waals surface area contributed by atoms with Crippen LogP contribution in [0, 0.1) is 5.92 Å². The number of aliphatic hydroxyl groups excluding tert-OH is 2. The Hall–Kier alpha value is -1.92. The smallest absolute Gasteiger partial charge is 0.248 e. The number of rotatable bonds is 7. The second kappa shape index (κ2) is 9.26. The Morgan fingerprint density at radius 1 is 1.24 bits per heavy atom. The monoisotopic (exact) mass is 413 g/mol. The number of imide groups is 1. The van der Waals surface area contributed by atoms with Crippen molar-refractivity contribution in [1.82, 2.24) is 15.1 Å².